The highest BCUT2D eigenvalue weighted by atomic mass is 16.5. The normalized spacial score (nSPS) is 18.7. The van der Waals surface area contributed by atoms with Gasteiger partial charge in [0.25, 0.3) is 5.91 Å². The zero-order valence-corrected chi connectivity index (χ0v) is 22.5. The molecule has 1 saturated carbocycles. The Kier molecular flexibility index (Phi) is 8.55. The van der Waals surface area contributed by atoms with Gasteiger partial charge in [0.2, 0.25) is 0 Å². The third-order valence-corrected chi connectivity index (χ3v) is 8.37. The number of esters is 1. The number of aryl methyl sites for hydroxylation is 3. The average Bonchev–Trinajstić information content (AvgIpc) is 3.41. The third kappa shape index (κ3) is 6.03. The molecule has 0 unspecified atom stereocenters. The SMILES string of the molecule is COC(=O)CC1(CCN2CCC(N(C(=O)c3ccco3)c3c(C)cc(C)cc3C)CC2)CCCCC1. The Morgan fingerprint density at radius 3 is 2.33 bits per heavy atom. The van der Waals surface area contributed by atoms with E-state index in [2.05, 4.69) is 37.8 Å². The summed E-state index contributed by atoms with van der Waals surface area (Å²) in [5.41, 5.74) is 4.55. The summed E-state index contributed by atoms with van der Waals surface area (Å²) in [4.78, 5) is 30.3. The van der Waals surface area contributed by atoms with Gasteiger partial charge in [0, 0.05) is 19.1 Å². The first-order valence-electron chi connectivity index (χ1n) is 13.6. The average molecular weight is 495 g/mol. The van der Waals surface area contributed by atoms with Crippen molar-refractivity contribution in [1.82, 2.24) is 4.90 Å². The van der Waals surface area contributed by atoms with Crippen molar-refractivity contribution in [2.24, 2.45) is 5.41 Å². The molecule has 0 radical (unpaired) electrons. The van der Waals surface area contributed by atoms with Gasteiger partial charge in [-0.3, -0.25) is 9.59 Å². The van der Waals surface area contributed by atoms with Gasteiger partial charge in [-0.05, 0) is 88.1 Å². The van der Waals surface area contributed by atoms with E-state index < -0.39 is 0 Å². The summed E-state index contributed by atoms with van der Waals surface area (Å²) >= 11 is 0. The first-order chi connectivity index (χ1) is 17.3. The van der Waals surface area contributed by atoms with Crippen LogP contribution < -0.4 is 4.90 Å². The summed E-state index contributed by atoms with van der Waals surface area (Å²) in [6.07, 6.45) is 10.9. The van der Waals surface area contributed by atoms with Gasteiger partial charge in [-0.25, -0.2) is 0 Å². The van der Waals surface area contributed by atoms with E-state index in [9.17, 15) is 9.59 Å². The smallest absolute Gasteiger partial charge is 0.306 e. The van der Waals surface area contributed by atoms with E-state index in [1.807, 2.05) is 4.90 Å². The molecule has 6 heteroatoms. The van der Waals surface area contributed by atoms with Crippen molar-refractivity contribution in [2.75, 3.05) is 31.6 Å². The Morgan fingerprint density at radius 2 is 1.75 bits per heavy atom. The molecule has 2 aliphatic rings. The van der Waals surface area contributed by atoms with Crippen LogP contribution in [0.15, 0.2) is 34.9 Å². The number of nitrogens with zero attached hydrogens (tertiary/aromatic N) is 2. The highest BCUT2D eigenvalue weighted by Gasteiger charge is 2.37. The van der Waals surface area contributed by atoms with Crippen LogP contribution in [0, 0.1) is 26.2 Å². The molecule has 36 heavy (non-hydrogen) atoms. The quantitative estimate of drug-likeness (QED) is 0.408. The minimum absolute atomic E-state index is 0.0623. The van der Waals surface area contributed by atoms with Gasteiger partial charge >= 0.3 is 5.97 Å². The number of hydrogen-bond donors (Lipinski definition) is 0. The number of carbonyl (C=O) groups excluding carboxylic acids is 2. The van der Waals surface area contributed by atoms with E-state index in [1.54, 1.807) is 18.4 Å². The molecule has 6 nitrogen and oxygen atoms in total. The van der Waals surface area contributed by atoms with Crippen LogP contribution in [0.2, 0.25) is 0 Å². The lowest BCUT2D eigenvalue weighted by Gasteiger charge is -2.42. The molecule has 196 valence electrons. The van der Waals surface area contributed by atoms with Crippen molar-refractivity contribution in [3.8, 4) is 0 Å². The minimum atomic E-state index is -0.0773. The predicted octanol–water partition coefficient (Wildman–Crippen LogP) is 6.22. The van der Waals surface area contributed by atoms with E-state index in [1.165, 1.54) is 31.9 Å². The third-order valence-electron chi connectivity index (χ3n) is 8.37. The van der Waals surface area contributed by atoms with Crippen LogP contribution in [0.3, 0.4) is 0 Å². The molecule has 2 aromatic rings. The Balaban J connectivity index is 1.46. The number of furan rings is 1. The monoisotopic (exact) mass is 494 g/mol. The molecule has 2 heterocycles. The van der Waals surface area contributed by atoms with Gasteiger partial charge in [0.15, 0.2) is 5.76 Å². The zero-order valence-electron chi connectivity index (χ0n) is 22.5. The van der Waals surface area contributed by atoms with E-state index in [-0.39, 0.29) is 23.3 Å². The fraction of sp³-hybridized carbons (Fsp3) is 0.600. The van der Waals surface area contributed by atoms with E-state index in [4.69, 9.17) is 9.15 Å². The summed E-state index contributed by atoms with van der Waals surface area (Å²) in [5, 5.41) is 0. The van der Waals surface area contributed by atoms with Gasteiger partial charge in [0.05, 0.1) is 25.5 Å². The van der Waals surface area contributed by atoms with Crippen LogP contribution in [0.25, 0.3) is 0 Å². The number of rotatable bonds is 8. The molecule has 1 aromatic carbocycles. The molecular formula is C30H42N2O4. The number of likely N-dealkylation sites (tertiary alicyclic amines) is 1. The van der Waals surface area contributed by atoms with Crippen molar-refractivity contribution >= 4 is 17.6 Å². The van der Waals surface area contributed by atoms with Crippen LogP contribution in [0.4, 0.5) is 5.69 Å². The number of benzene rings is 1. The molecule has 4 rings (SSSR count). The van der Waals surface area contributed by atoms with Crippen molar-refractivity contribution < 1.29 is 18.7 Å². The van der Waals surface area contributed by atoms with Gasteiger partial charge < -0.3 is 19.0 Å². The van der Waals surface area contributed by atoms with Gasteiger partial charge in [0.1, 0.15) is 0 Å². The maximum absolute atomic E-state index is 13.7. The second-order valence-corrected chi connectivity index (χ2v) is 11.0. The zero-order chi connectivity index (χ0) is 25.7. The second-order valence-electron chi connectivity index (χ2n) is 11.0. The summed E-state index contributed by atoms with van der Waals surface area (Å²) < 4.78 is 10.6. The number of piperidine rings is 1. The molecule has 0 N–H and O–H groups in total. The molecule has 0 atom stereocenters. The summed E-state index contributed by atoms with van der Waals surface area (Å²) in [7, 11) is 1.50. The van der Waals surface area contributed by atoms with Crippen molar-refractivity contribution in [1.29, 1.82) is 0 Å². The van der Waals surface area contributed by atoms with Crippen molar-refractivity contribution in [3.63, 3.8) is 0 Å². The number of carbonyl (C=O) groups is 2. The molecule has 1 saturated heterocycles. The number of hydrogen-bond acceptors (Lipinski definition) is 5. The maximum atomic E-state index is 13.7. The lowest BCUT2D eigenvalue weighted by atomic mass is 9.69. The maximum Gasteiger partial charge on any atom is 0.306 e. The number of anilines is 1. The molecule has 1 amide bonds. The molecule has 0 bridgehead atoms. The standard InChI is InChI=1S/C30H42N2O4/c1-22-19-23(2)28(24(3)20-22)32(29(34)26-9-8-18-36-26)25-10-15-31(16-11-25)17-14-30(21-27(33)35-4)12-6-5-7-13-30/h8-9,18-20,25H,5-7,10-17,21H2,1-4H3. The fourth-order valence-electron chi connectivity index (χ4n) is 6.51. The van der Waals surface area contributed by atoms with Crippen LogP contribution in [0.1, 0.15) is 85.0 Å². The van der Waals surface area contributed by atoms with Crippen LogP contribution in [-0.2, 0) is 9.53 Å². The lowest BCUT2D eigenvalue weighted by Crippen LogP contribution is -2.48. The summed E-state index contributed by atoms with van der Waals surface area (Å²) in [5.74, 6) is 0.248. The first-order valence-corrected chi connectivity index (χ1v) is 13.6. The van der Waals surface area contributed by atoms with Gasteiger partial charge in [-0.2, -0.15) is 0 Å². The largest absolute Gasteiger partial charge is 0.469 e. The van der Waals surface area contributed by atoms with E-state index >= 15 is 0 Å². The molecule has 0 spiro atoms. The molecule has 1 aliphatic heterocycles. The van der Waals surface area contributed by atoms with Gasteiger partial charge in [-0.1, -0.05) is 37.0 Å². The van der Waals surface area contributed by atoms with E-state index in [0.29, 0.717) is 12.2 Å². The summed E-state index contributed by atoms with van der Waals surface area (Å²) in [6.45, 7) is 9.18. The number of methoxy groups -OCH3 is 1. The summed E-state index contributed by atoms with van der Waals surface area (Å²) in [6, 6.07) is 7.97. The molecule has 1 aliphatic carbocycles. The van der Waals surface area contributed by atoms with Crippen LogP contribution in [0.5, 0.6) is 0 Å². The Hall–Kier alpha value is -2.60. The Morgan fingerprint density at radius 1 is 1.08 bits per heavy atom. The second kappa shape index (κ2) is 11.6. The van der Waals surface area contributed by atoms with E-state index in [0.717, 1.165) is 68.6 Å². The fourth-order valence-corrected chi connectivity index (χ4v) is 6.51. The first kappa shape index (κ1) is 26.5. The number of amides is 1. The lowest BCUT2D eigenvalue weighted by molar-refractivity contribution is -0.144. The van der Waals surface area contributed by atoms with Crippen molar-refractivity contribution in [3.05, 3.63) is 53.0 Å². The molecule has 1 aromatic heterocycles. The number of ether oxygens (including phenoxy) is 1. The molecular weight excluding hydrogens is 452 g/mol. The van der Waals surface area contributed by atoms with Crippen LogP contribution in [-0.4, -0.2) is 49.6 Å². The highest BCUT2D eigenvalue weighted by molar-refractivity contribution is 6.05. The Labute approximate surface area is 216 Å². The predicted molar refractivity (Wildman–Crippen MR) is 142 cm³/mol. The molecule has 2 fully saturated rings. The topological polar surface area (TPSA) is 63.0 Å². The highest BCUT2D eigenvalue weighted by Crippen LogP contribution is 2.43. The minimum Gasteiger partial charge on any atom is -0.469 e. The van der Waals surface area contributed by atoms with Gasteiger partial charge in [-0.15, -0.1) is 0 Å². The Bertz CT molecular complexity index is 1010. The van der Waals surface area contributed by atoms with Crippen LogP contribution >= 0.6 is 0 Å². The van der Waals surface area contributed by atoms with Crippen molar-refractivity contribution in [2.45, 2.75) is 84.6 Å².